The zero-order valence-electron chi connectivity index (χ0n) is 14.8. The number of hydrogen-bond donors (Lipinski definition) is 2. The van der Waals surface area contributed by atoms with Gasteiger partial charge in [0.15, 0.2) is 0 Å². The van der Waals surface area contributed by atoms with Gasteiger partial charge in [0.1, 0.15) is 11.6 Å². The molecule has 0 aliphatic carbocycles. The summed E-state index contributed by atoms with van der Waals surface area (Å²) in [4.78, 5) is 12.9. The average molecular weight is 342 g/mol. The zero-order valence-corrected chi connectivity index (χ0v) is 14.8. The first-order valence-electron chi connectivity index (χ1n) is 8.41. The first-order chi connectivity index (χ1) is 11.9. The van der Waals surface area contributed by atoms with Gasteiger partial charge in [-0.05, 0) is 50.1 Å². The molecule has 4 nitrogen and oxygen atoms in total. The van der Waals surface area contributed by atoms with E-state index in [9.17, 15) is 9.18 Å². The van der Waals surface area contributed by atoms with Gasteiger partial charge in [0.25, 0.3) is 0 Å². The number of nitrogens with one attached hydrogen (secondary N) is 2. The maximum Gasteiger partial charge on any atom is 0.234 e. The Morgan fingerprint density at radius 2 is 2.00 bits per heavy atom. The van der Waals surface area contributed by atoms with Gasteiger partial charge in [-0.1, -0.05) is 24.3 Å². The molecule has 0 radical (unpaired) electrons. The predicted octanol–water partition coefficient (Wildman–Crippen LogP) is 3.40. The number of benzene rings is 2. The van der Waals surface area contributed by atoms with Crippen LogP contribution in [0, 0.1) is 5.82 Å². The second-order valence-corrected chi connectivity index (χ2v) is 6.77. The van der Waals surface area contributed by atoms with E-state index < -0.39 is 5.41 Å². The fraction of sp³-hybridized carbons (Fsp3) is 0.350. The van der Waals surface area contributed by atoms with Gasteiger partial charge in [-0.25, -0.2) is 4.39 Å². The fourth-order valence-electron chi connectivity index (χ4n) is 3.19. The van der Waals surface area contributed by atoms with Crippen LogP contribution in [-0.4, -0.2) is 19.6 Å². The summed E-state index contributed by atoms with van der Waals surface area (Å²) < 4.78 is 20.2. The topological polar surface area (TPSA) is 50.4 Å². The molecule has 2 aromatic carbocycles. The molecule has 1 amide bonds. The van der Waals surface area contributed by atoms with Gasteiger partial charge < -0.3 is 15.4 Å². The number of halogens is 1. The van der Waals surface area contributed by atoms with E-state index in [2.05, 4.69) is 10.6 Å². The fourth-order valence-corrected chi connectivity index (χ4v) is 3.19. The lowest BCUT2D eigenvalue weighted by Crippen LogP contribution is -2.35. The Balaban J connectivity index is 1.89. The predicted molar refractivity (Wildman–Crippen MR) is 96.5 cm³/mol. The lowest BCUT2D eigenvalue weighted by atomic mass is 9.83. The number of carbonyl (C=O) groups is 1. The Morgan fingerprint density at radius 3 is 2.76 bits per heavy atom. The first kappa shape index (κ1) is 17.4. The number of methoxy groups -OCH3 is 1. The minimum absolute atomic E-state index is 0.230. The van der Waals surface area contributed by atoms with Gasteiger partial charge in [0.2, 0.25) is 5.91 Å². The van der Waals surface area contributed by atoms with Gasteiger partial charge in [0.05, 0.1) is 18.2 Å². The van der Waals surface area contributed by atoms with Gasteiger partial charge in [0, 0.05) is 12.1 Å². The highest BCUT2D eigenvalue weighted by Crippen LogP contribution is 2.33. The van der Waals surface area contributed by atoms with Crippen LogP contribution in [0.3, 0.4) is 0 Å². The smallest absolute Gasteiger partial charge is 0.234 e. The van der Waals surface area contributed by atoms with Crippen molar-refractivity contribution in [3.05, 3.63) is 58.9 Å². The normalized spacial score (nSPS) is 13.9. The quantitative estimate of drug-likeness (QED) is 0.895. The molecule has 0 unspecified atom stereocenters. The number of anilines is 1. The van der Waals surface area contributed by atoms with Crippen LogP contribution in [0.5, 0.6) is 5.75 Å². The third-order valence-corrected chi connectivity index (χ3v) is 4.80. The highest BCUT2D eigenvalue weighted by atomic mass is 19.1. The van der Waals surface area contributed by atoms with Crippen molar-refractivity contribution in [3.63, 3.8) is 0 Å². The van der Waals surface area contributed by atoms with Crippen molar-refractivity contribution in [2.24, 2.45) is 0 Å². The lowest BCUT2D eigenvalue weighted by Gasteiger charge is -2.27. The summed E-state index contributed by atoms with van der Waals surface area (Å²) in [7, 11) is 1.57. The van der Waals surface area contributed by atoms with Crippen molar-refractivity contribution < 1.29 is 13.9 Å². The van der Waals surface area contributed by atoms with Crippen molar-refractivity contribution in [3.8, 4) is 5.75 Å². The van der Waals surface area contributed by atoms with Crippen molar-refractivity contribution in [1.29, 1.82) is 0 Å². The van der Waals surface area contributed by atoms with E-state index in [1.807, 2.05) is 30.3 Å². The van der Waals surface area contributed by atoms with Crippen LogP contribution in [0.25, 0.3) is 0 Å². The van der Waals surface area contributed by atoms with Crippen LogP contribution in [-0.2, 0) is 23.2 Å². The molecule has 1 heterocycles. The van der Waals surface area contributed by atoms with Gasteiger partial charge >= 0.3 is 0 Å². The van der Waals surface area contributed by atoms with E-state index >= 15 is 0 Å². The number of rotatable bonds is 4. The number of ether oxygens (including phenoxy) is 1. The second kappa shape index (κ2) is 6.84. The summed E-state index contributed by atoms with van der Waals surface area (Å²) >= 11 is 0. The van der Waals surface area contributed by atoms with Crippen molar-refractivity contribution in [1.82, 2.24) is 5.32 Å². The molecule has 0 aromatic heterocycles. The molecule has 3 rings (SSSR count). The molecule has 2 N–H and O–H groups in total. The molecule has 1 aliphatic heterocycles. The maximum absolute atomic E-state index is 14.8. The van der Waals surface area contributed by atoms with Crippen LogP contribution in [0.15, 0.2) is 36.4 Å². The summed E-state index contributed by atoms with van der Waals surface area (Å²) in [5, 5.41) is 5.98. The molecule has 0 fully saturated rings. The van der Waals surface area contributed by atoms with Crippen LogP contribution >= 0.6 is 0 Å². The Bertz CT molecular complexity index is 802. The molecule has 0 saturated carbocycles. The monoisotopic (exact) mass is 342 g/mol. The van der Waals surface area contributed by atoms with Crippen LogP contribution in [0.2, 0.25) is 0 Å². The Morgan fingerprint density at radius 1 is 1.24 bits per heavy atom. The maximum atomic E-state index is 14.8. The summed E-state index contributed by atoms with van der Waals surface area (Å²) in [5.41, 5.74) is 1.76. The van der Waals surface area contributed by atoms with E-state index in [0.717, 1.165) is 17.7 Å². The standard InChI is InChI=1S/C20H23FN2O2/c1-20(2,15-6-4-5-7-17(15)25-3)19(24)23-16-9-8-13-12-22-11-10-14(13)18(16)21/h4-9,22H,10-12H2,1-3H3,(H,23,24). The zero-order chi connectivity index (χ0) is 18.0. The molecule has 5 heteroatoms. The van der Waals surface area contributed by atoms with E-state index in [1.165, 1.54) is 0 Å². The lowest BCUT2D eigenvalue weighted by molar-refractivity contribution is -0.120. The number of fused-ring (bicyclic) bond motifs is 1. The molecule has 0 atom stereocenters. The Hall–Kier alpha value is -2.40. The molecular formula is C20H23FN2O2. The van der Waals surface area contributed by atoms with Gasteiger partial charge in [-0.2, -0.15) is 0 Å². The van der Waals surface area contributed by atoms with Crippen LogP contribution in [0.4, 0.5) is 10.1 Å². The van der Waals surface area contributed by atoms with Crippen molar-refractivity contribution in [2.45, 2.75) is 32.2 Å². The summed E-state index contributed by atoms with van der Waals surface area (Å²) in [6.45, 7) is 5.02. The molecule has 2 aromatic rings. The summed E-state index contributed by atoms with van der Waals surface area (Å²) in [5.74, 6) is 0.0348. The van der Waals surface area contributed by atoms with Gasteiger partial charge in [-0.3, -0.25) is 4.79 Å². The van der Waals surface area contributed by atoms with E-state index in [4.69, 9.17) is 4.74 Å². The van der Waals surface area contributed by atoms with E-state index in [0.29, 0.717) is 24.3 Å². The first-order valence-corrected chi connectivity index (χ1v) is 8.41. The van der Waals surface area contributed by atoms with Crippen molar-refractivity contribution >= 4 is 11.6 Å². The number of para-hydroxylation sites is 1. The molecule has 25 heavy (non-hydrogen) atoms. The van der Waals surface area contributed by atoms with Crippen molar-refractivity contribution in [2.75, 3.05) is 19.0 Å². The van der Waals surface area contributed by atoms with E-state index in [-0.39, 0.29) is 17.4 Å². The molecule has 1 aliphatic rings. The van der Waals surface area contributed by atoms with Crippen LogP contribution < -0.4 is 15.4 Å². The number of carbonyl (C=O) groups excluding carboxylic acids is 1. The highest BCUT2D eigenvalue weighted by molar-refractivity contribution is 5.99. The number of amides is 1. The second-order valence-electron chi connectivity index (χ2n) is 6.77. The third kappa shape index (κ3) is 3.24. The Kier molecular flexibility index (Phi) is 4.77. The number of hydrogen-bond acceptors (Lipinski definition) is 3. The third-order valence-electron chi connectivity index (χ3n) is 4.80. The molecule has 0 spiro atoms. The molecule has 132 valence electrons. The minimum Gasteiger partial charge on any atom is -0.496 e. The van der Waals surface area contributed by atoms with E-state index in [1.54, 1.807) is 27.0 Å². The largest absolute Gasteiger partial charge is 0.496 e. The summed E-state index contributed by atoms with van der Waals surface area (Å²) in [6.07, 6.45) is 0.626. The average Bonchev–Trinajstić information content (AvgIpc) is 2.64. The highest BCUT2D eigenvalue weighted by Gasteiger charge is 2.33. The molecule has 0 saturated heterocycles. The Labute approximate surface area is 147 Å². The SMILES string of the molecule is COc1ccccc1C(C)(C)C(=O)Nc1ccc2c(c1F)CCNC2. The van der Waals surface area contributed by atoms with Crippen LogP contribution in [0.1, 0.15) is 30.5 Å². The summed E-state index contributed by atoms with van der Waals surface area (Å²) in [6, 6.07) is 10.9. The molecular weight excluding hydrogens is 319 g/mol. The molecule has 0 bridgehead atoms. The van der Waals surface area contributed by atoms with Gasteiger partial charge in [-0.15, -0.1) is 0 Å². The minimum atomic E-state index is -0.865.